The van der Waals surface area contributed by atoms with Gasteiger partial charge in [0.2, 0.25) is 15.9 Å². The van der Waals surface area contributed by atoms with Crippen molar-refractivity contribution in [2.45, 2.75) is 13.8 Å². The van der Waals surface area contributed by atoms with Crippen LogP contribution in [0.15, 0.2) is 0 Å². The van der Waals surface area contributed by atoms with Gasteiger partial charge in [0.15, 0.2) is 0 Å². The SMILES string of the molecule is CCS(=O)(=O)N(C)CC(=O)N(C)CC(C)C(=O)O. The summed E-state index contributed by atoms with van der Waals surface area (Å²) in [5.74, 6) is -2.19. The molecule has 1 N–H and O–H groups in total. The summed E-state index contributed by atoms with van der Waals surface area (Å²) in [6, 6.07) is 0. The molecule has 0 radical (unpaired) electrons. The molecule has 0 aromatic rings. The van der Waals surface area contributed by atoms with Gasteiger partial charge < -0.3 is 10.0 Å². The van der Waals surface area contributed by atoms with Crippen molar-refractivity contribution in [2.24, 2.45) is 5.92 Å². The van der Waals surface area contributed by atoms with Gasteiger partial charge in [0.05, 0.1) is 18.2 Å². The third-order valence-corrected chi connectivity index (χ3v) is 4.40. The number of sulfonamides is 1. The highest BCUT2D eigenvalue weighted by Gasteiger charge is 2.22. The molecule has 0 spiro atoms. The van der Waals surface area contributed by atoms with Crippen molar-refractivity contribution >= 4 is 21.9 Å². The molecule has 0 aromatic heterocycles. The molecule has 8 heteroatoms. The molecule has 0 heterocycles. The van der Waals surface area contributed by atoms with E-state index >= 15 is 0 Å². The summed E-state index contributed by atoms with van der Waals surface area (Å²) in [4.78, 5) is 23.6. The van der Waals surface area contributed by atoms with Gasteiger partial charge in [-0.05, 0) is 6.92 Å². The fourth-order valence-corrected chi connectivity index (χ4v) is 1.97. The summed E-state index contributed by atoms with van der Waals surface area (Å²) in [5.41, 5.74) is 0. The molecule has 0 bridgehead atoms. The van der Waals surface area contributed by atoms with Gasteiger partial charge in [0.1, 0.15) is 0 Å². The first-order valence-electron chi connectivity index (χ1n) is 5.52. The molecule has 106 valence electrons. The number of amides is 1. The van der Waals surface area contributed by atoms with Crippen LogP contribution >= 0.6 is 0 Å². The van der Waals surface area contributed by atoms with E-state index in [0.717, 1.165) is 4.31 Å². The molecule has 0 aliphatic carbocycles. The van der Waals surface area contributed by atoms with Gasteiger partial charge in [-0.3, -0.25) is 9.59 Å². The minimum absolute atomic E-state index is 0.0498. The number of rotatable bonds is 7. The molecule has 1 amide bonds. The Bertz CT molecular complexity index is 406. The Labute approximate surface area is 107 Å². The number of hydrogen-bond acceptors (Lipinski definition) is 4. The van der Waals surface area contributed by atoms with Gasteiger partial charge in [0.25, 0.3) is 0 Å². The maximum Gasteiger partial charge on any atom is 0.308 e. The minimum atomic E-state index is -3.40. The van der Waals surface area contributed by atoms with E-state index < -0.39 is 27.8 Å². The molecule has 0 saturated carbocycles. The zero-order chi connectivity index (χ0) is 14.5. The molecule has 7 nitrogen and oxygen atoms in total. The monoisotopic (exact) mass is 280 g/mol. The van der Waals surface area contributed by atoms with Crippen molar-refractivity contribution in [1.29, 1.82) is 0 Å². The Balaban J connectivity index is 4.46. The molecule has 0 saturated heterocycles. The second kappa shape index (κ2) is 6.69. The Kier molecular flexibility index (Phi) is 6.27. The lowest BCUT2D eigenvalue weighted by Gasteiger charge is -2.22. The molecule has 0 aromatic carbocycles. The highest BCUT2D eigenvalue weighted by molar-refractivity contribution is 7.89. The molecule has 1 atom stereocenters. The van der Waals surface area contributed by atoms with Crippen LogP contribution in [0.2, 0.25) is 0 Å². The van der Waals surface area contributed by atoms with E-state index in [0.29, 0.717) is 0 Å². The summed E-state index contributed by atoms with van der Waals surface area (Å²) in [6.07, 6.45) is 0. The number of hydrogen-bond donors (Lipinski definition) is 1. The van der Waals surface area contributed by atoms with Gasteiger partial charge in [-0.2, -0.15) is 4.31 Å². The van der Waals surface area contributed by atoms with Crippen molar-refractivity contribution in [3.63, 3.8) is 0 Å². The Hall–Kier alpha value is -1.15. The lowest BCUT2D eigenvalue weighted by molar-refractivity contribution is -0.142. The second-order valence-corrected chi connectivity index (χ2v) is 6.53. The predicted molar refractivity (Wildman–Crippen MR) is 66.5 cm³/mol. The van der Waals surface area contributed by atoms with Gasteiger partial charge in [-0.1, -0.05) is 6.92 Å². The average Bonchev–Trinajstić information content (AvgIpc) is 2.28. The molecule has 0 aliphatic rings. The normalized spacial score (nSPS) is 13.4. The fraction of sp³-hybridized carbons (Fsp3) is 0.800. The second-order valence-electron chi connectivity index (χ2n) is 4.17. The highest BCUT2D eigenvalue weighted by atomic mass is 32.2. The smallest absolute Gasteiger partial charge is 0.308 e. The standard InChI is InChI=1S/C10H20N2O5S/c1-5-18(16,17)12(4)7-9(13)11(3)6-8(2)10(14)15/h8H,5-7H2,1-4H3,(H,14,15). The van der Waals surface area contributed by atoms with E-state index in [1.807, 2.05) is 0 Å². The quantitative estimate of drug-likeness (QED) is 0.675. The van der Waals surface area contributed by atoms with Crippen LogP contribution in [0.3, 0.4) is 0 Å². The first kappa shape index (κ1) is 16.9. The molecule has 0 fully saturated rings. The van der Waals surface area contributed by atoms with Crippen LogP contribution < -0.4 is 0 Å². The number of aliphatic carboxylic acids is 1. The average molecular weight is 280 g/mol. The van der Waals surface area contributed by atoms with Crippen LogP contribution in [-0.2, 0) is 19.6 Å². The number of carboxylic acid groups (broad SMARTS) is 1. The largest absolute Gasteiger partial charge is 0.481 e. The number of carbonyl (C=O) groups is 2. The lowest BCUT2D eigenvalue weighted by Crippen LogP contribution is -2.42. The van der Waals surface area contributed by atoms with Crippen molar-refractivity contribution in [2.75, 3.05) is 32.9 Å². The summed E-state index contributed by atoms with van der Waals surface area (Å²) in [5, 5.41) is 8.72. The summed E-state index contributed by atoms with van der Waals surface area (Å²) >= 11 is 0. The number of carbonyl (C=O) groups excluding carboxylic acids is 1. The topological polar surface area (TPSA) is 95.0 Å². The van der Waals surface area contributed by atoms with Crippen molar-refractivity contribution in [3.8, 4) is 0 Å². The van der Waals surface area contributed by atoms with E-state index in [-0.39, 0.29) is 18.8 Å². The highest BCUT2D eigenvalue weighted by Crippen LogP contribution is 2.02. The maximum atomic E-state index is 11.7. The maximum absolute atomic E-state index is 11.7. The van der Waals surface area contributed by atoms with Crippen LogP contribution in [0.25, 0.3) is 0 Å². The molecular weight excluding hydrogens is 260 g/mol. The van der Waals surface area contributed by atoms with E-state index in [1.165, 1.54) is 32.8 Å². The molecule has 0 rings (SSSR count). The van der Waals surface area contributed by atoms with Crippen LogP contribution in [0.4, 0.5) is 0 Å². The van der Waals surface area contributed by atoms with Crippen LogP contribution in [0.1, 0.15) is 13.8 Å². The lowest BCUT2D eigenvalue weighted by atomic mass is 10.2. The number of nitrogens with zero attached hydrogens (tertiary/aromatic N) is 2. The van der Waals surface area contributed by atoms with E-state index in [2.05, 4.69) is 0 Å². The van der Waals surface area contributed by atoms with E-state index in [4.69, 9.17) is 5.11 Å². The van der Waals surface area contributed by atoms with Gasteiger partial charge in [0, 0.05) is 20.6 Å². The van der Waals surface area contributed by atoms with Gasteiger partial charge in [-0.15, -0.1) is 0 Å². The third kappa shape index (κ3) is 5.01. The summed E-state index contributed by atoms with van der Waals surface area (Å²) in [7, 11) is -0.625. The Morgan fingerprint density at radius 2 is 1.78 bits per heavy atom. The first-order chi connectivity index (χ1) is 8.11. The minimum Gasteiger partial charge on any atom is -0.481 e. The van der Waals surface area contributed by atoms with Gasteiger partial charge >= 0.3 is 5.97 Å². The zero-order valence-electron chi connectivity index (χ0n) is 11.1. The van der Waals surface area contributed by atoms with E-state index in [9.17, 15) is 18.0 Å². The number of likely N-dealkylation sites (N-methyl/N-ethyl adjacent to an activating group) is 2. The summed E-state index contributed by atoms with van der Waals surface area (Å²) < 4.78 is 23.9. The Morgan fingerprint density at radius 3 is 2.17 bits per heavy atom. The predicted octanol–water partition coefficient (Wildman–Crippen LogP) is -0.553. The van der Waals surface area contributed by atoms with Crippen LogP contribution in [-0.4, -0.2) is 67.5 Å². The van der Waals surface area contributed by atoms with E-state index in [1.54, 1.807) is 0 Å². The van der Waals surface area contributed by atoms with Crippen molar-refractivity contribution in [3.05, 3.63) is 0 Å². The van der Waals surface area contributed by atoms with Gasteiger partial charge in [-0.25, -0.2) is 8.42 Å². The molecule has 1 unspecified atom stereocenters. The van der Waals surface area contributed by atoms with Crippen molar-refractivity contribution in [1.82, 2.24) is 9.21 Å². The Morgan fingerprint density at radius 1 is 1.28 bits per heavy atom. The number of carboxylic acids is 1. The van der Waals surface area contributed by atoms with Crippen LogP contribution in [0.5, 0.6) is 0 Å². The molecule has 18 heavy (non-hydrogen) atoms. The van der Waals surface area contributed by atoms with Crippen molar-refractivity contribution < 1.29 is 23.1 Å². The molecule has 0 aliphatic heterocycles. The fourth-order valence-electron chi connectivity index (χ4n) is 1.22. The third-order valence-electron chi connectivity index (χ3n) is 2.59. The zero-order valence-corrected chi connectivity index (χ0v) is 11.9. The van der Waals surface area contributed by atoms with Crippen LogP contribution in [0, 0.1) is 5.92 Å². The molecular formula is C10H20N2O5S. The first-order valence-corrected chi connectivity index (χ1v) is 7.13. The summed E-state index contributed by atoms with van der Waals surface area (Å²) in [6.45, 7) is 2.75.